The van der Waals surface area contributed by atoms with Gasteiger partial charge in [-0.15, -0.1) is 0 Å². The van der Waals surface area contributed by atoms with Crippen LogP contribution >= 0.6 is 0 Å². The number of anilines is 1. The average Bonchev–Trinajstić information content (AvgIpc) is 2.97. The second kappa shape index (κ2) is 14.8. The lowest BCUT2D eigenvalue weighted by Gasteiger charge is -2.36. The molecule has 0 aliphatic heterocycles. The molecule has 0 atom stereocenters. The minimum absolute atomic E-state index is 0.0671. The number of ether oxygens (including phenoxy) is 2. The van der Waals surface area contributed by atoms with Gasteiger partial charge in [-0.25, -0.2) is 4.79 Å². The molecule has 0 unspecified atom stereocenters. The maximum Gasteiger partial charge on any atom is 0.338 e. The average molecular weight is 618 g/mol. The van der Waals surface area contributed by atoms with Crippen molar-refractivity contribution in [1.29, 1.82) is 0 Å². The standard InChI is InChI=1S/C38H55NO4Si/c1-12-39(13-2)35-23-19-30(27-34(35)37(4,5)6)33-26-29(18-22-32(33)36(40)41-14-3)28-16-20-31(21-17-28)42-24-15-25-43-44(10,11)38(7,8)9/h16-23,26-27H,12-15,24-25H2,1-11H3. The minimum Gasteiger partial charge on any atom is -0.494 e. The van der Waals surface area contributed by atoms with E-state index >= 15 is 0 Å². The second-order valence-corrected chi connectivity index (χ2v) is 18.8. The molecule has 0 fully saturated rings. The van der Waals surface area contributed by atoms with Gasteiger partial charge in [0.2, 0.25) is 0 Å². The fourth-order valence-corrected chi connectivity index (χ4v) is 6.12. The van der Waals surface area contributed by atoms with Crippen molar-refractivity contribution in [3.63, 3.8) is 0 Å². The Labute approximate surface area is 268 Å². The van der Waals surface area contributed by atoms with Crippen molar-refractivity contribution in [3.05, 3.63) is 71.8 Å². The topological polar surface area (TPSA) is 48.0 Å². The molecule has 0 spiro atoms. The summed E-state index contributed by atoms with van der Waals surface area (Å²) in [5.74, 6) is 0.534. The third-order valence-electron chi connectivity index (χ3n) is 8.75. The molecule has 3 aromatic carbocycles. The predicted molar refractivity (Wildman–Crippen MR) is 189 cm³/mol. The maximum atomic E-state index is 13.1. The van der Waals surface area contributed by atoms with Crippen LogP contribution in [0.3, 0.4) is 0 Å². The van der Waals surface area contributed by atoms with Gasteiger partial charge < -0.3 is 18.8 Å². The van der Waals surface area contributed by atoms with Crippen LogP contribution in [0, 0.1) is 0 Å². The highest BCUT2D eigenvalue weighted by Gasteiger charge is 2.36. The van der Waals surface area contributed by atoms with Gasteiger partial charge in [-0.2, -0.15) is 0 Å². The van der Waals surface area contributed by atoms with E-state index in [1.54, 1.807) is 0 Å². The van der Waals surface area contributed by atoms with Crippen molar-refractivity contribution in [3.8, 4) is 28.0 Å². The molecule has 0 heterocycles. The number of hydrogen-bond acceptors (Lipinski definition) is 5. The third kappa shape index (κ3) is 8.76. The molecule has 0 saturated heterocycles. The third-order valence-corrected chi connectivity index (χ3v) is 13.3. The van der Waals surface area contributed by atoms with Crippen LogP contribution in [0.1, 0.15) is 84.7 Å². The summed E-state index contributed by atoms with van der Waals surface area (Å²) in [5, 5.41) is 0.210. The zero-order chi connectivity index (χ0) is 32.7. The molecule has 0 bridgehead atoms. The van der Waals surface area contributed by atoms with Gasteiger partial charge in [0.15, 0.2) is 8.32 Å². The second-order valence-electron chi connectivity index (χ2n) is 14.0. The van der Waals surface area contributed by atoms with E-state index in [4.69, 9.17) is 13.9 Å². The van der Waals surface area contributed by atoms with Gasteiger partial charge in [-0.05, 0) is 109 Å². The van der Waals surface area contributed by atoms with Gasteiger partial charge in [-0.1, -0.05) is 65.8 Å². The van der Waals surface area contributed by atoms with Crippen molar-refractivity contribution >= 4 is 20.0 Å². The van der Waals surface area contributed by atoms with Crippen LogP contribution in [0.5, 0.6) is 5.75 Å². The molecule has 3 rings (SSSR count). The van der Waals surface area contributed by atoms with Crippen LogP contribution in [-0.4, -0.2) is 47.2 Å². The first-order chi connectivity index (χ1) is 20.6. The van der Waals surface area contributed by atoms with E-state index in [2.05, 4.69) is 110 Å². The summed E-state index contributed by atoms with van der Waals surface area (Å²) in [4.78, 5) is 15.5. The quantitative estimate of drug-likeness (QED) is 0.108. The molecule has 240 valence electrons. The lowest BCUT2D eigenvalue weighted by Crippen LogP contribution is -2.41. The summed E-state index contributed by atoms with van der Waals surface area (Å²) in [6.45, 7) is 27.8. The van der Waals surface area contributed by atoms with E-state index in [0.717, 1.165) is 54.1 Å². The lowest BCUT2D eigenvalue weighted by atomic mass is 9.83. The Morgan fingerprint density at radius 2 is 1.39 bits per heavy atom. The van der Waals surface area contributed by atoms with Gasteiger partial charge in [0.25, 0.3) is 0 Å². The number of carbonyl (C=O) groups excluding carboxylic acids is 1. The molecule has 6 heteroatoms. The highest BCUT2D eigenvalue weighted by Crippen LogP contribution is 2.39. The Morgan fingerprint density at radius 3 is 1.95 bits per heavy atom. The van der Waals surface area contributed by atoms with E-state index in [0.29, 0.717) is 18.8 Å². The number of esters is 1. The highest BCUT2D eigenvalue weighted by molar-refractivity contribution is 6.74. The maximum absolute atomic E-state index is 13.1. The summed E-state index contributed by atoms with van der Waals surface area (Å²) in [7, 11) is -1.74. The normalized spacial score (nSPS) is 12.2. The predicted octanol–water partition coefficient (Wildman–Crippen LogP) is 10.1. The van der Waals surface area contributed by atoms with Crippen molar-refractivity contribution in [1.82, 2.24) is 0 Å². The molecule has 3 aromatic rings. The van der Waals surface area contributed by atoms with Gasteiger partial charge in [0.05, 0.1) is 18.8 Å². The SMILES string of the molecule is CCOC(=O)c1ccc(-c2ccc(OCCCO[Si](C)(C)C(C)(C)C)cc2)cc1-c1ccc(N(CC)CC)c(C(C)(C)C)c1. The van der Waals surface area contributed by atoms with Crippen LogP contribution in [-0.2, 0) is 14.6 Å². The van der Waals surface area contributed by atoms with Crippen LogP contribution in [0.25, 0.3) is 22.3 Å². The minimum atomic E-state index is -1.74. The van der Waals surface area contributed by atoms with Gasteiger partial charge in [-0.3, -0.25) is 0 Å². The Morgan fingerprint density at radius 1 is 0.773 bits per heavy atom. The summed E-state index contributed by atoms with van der Waals surface area (Å²) >= 11 is 0. The van der Waals surface area contributed by atoms with Gasteiger partial charge in [0.1, 0.15) is 5.75 Å². The molecule has 0 aliphatic rings. The van der Waals surface area contributed by atoms with E-state index in [9.17, 15) is 4.79 Å². The molecular formula is C38H55NO4Si. The first kappa shape index (κ1) is 35.4. The monoisotopic (exact) mass is 617 g/mol. The molecule has 0 aromatic heterocycles. The molecule has 0 amide bonds. The van der Waals surface area contributed by atoms with Crippen LogP contribution < -0.4 is 9.64 Å². The molecule has 0 aliphatic carbocycles. The van der Waals surface area contributed by atoms with E-state index in [1.165, 1.54) is 11.3 Å². The molecule has 0 N–H and O–H groups in total. The summed E-state index contributed by atoms with van der Waals surface area (Å²) in [6, 6.07) is 20.8. The van der Waals surface area contributed by atoms with Crippen molar-refractivity contribution in [2.45, 2.75) is 92.3 Å². The van der Waals surface area contributed by atoms with E-state index < -0.39 is 8.32 Å². The fourth-order valence-electron chi connectivity index (χ4n) is 5.03. The Balaban J connectivity index is 1.88. The lowest BCUT2D eigenvalue weighted by molar-refractivity contribution is 0.0527. The van der Waals surface area contributed by atoms with Gasteiger partial charge >= 0.3 is 5.97 Å². The smallest absolute Gasteiger partial charge is 0.338 e. The largest absolute Gasteiger partial charge is 0.494 e. The molecule has 44 heavy (non-hydrogen) atoms. The van der Waals surface area contributed by atoms with Gasteiger partial charge in [0, 0.05) is 31.8 Å². The molecule has 0 radical (unpaired) electrons. The fraction of sp³-hybridized carbons (Fsp3) is 0.500. The Hall–Kier alpha value is -3.09. The Kier molecular flexibility index (Phi) is 11.9. The molecule has 0 saturated carbocycles. The van der Waals surface area contributed by atoms with Crippen LogP contribution in [0.2, 0.25) is 18.1 Å². The first-order valence-corrected chi connectivity index (χ1v) is 19.1. The zero-order valence-corrected chi connectivity index (χ0v) is 30.1. The summed E-state index contributed by atoms with van der Waals surface area (Å²) in [5.41, 5.74) is 6.99. The zero-order valence-electron chi connectivity index (χ0n) is 29.1. The first-order valence-electron chi connectivity index (χ1n) is 16.2. The summed E-state index contributed by atoms with van der Waals surface area (Å²) < 4.78 is 17.8. The van der Waals surface area contributed by atoms with Crippen molar-refractivity contribution in [2.75, 3.05) is 37.8 Å². The number of rotatable bonds is 13. The number of carbonyl (C=O) groups is 1. The van der Waals surface area contributed by atoms with Crippen LogP contribution in [0.4, 0.5) is 5.69 Å². The number of benzene rings is 3. The highest BCUT2D eigenvalue weighted by atomic mass is 28.4. The van der Waals surface area contributed by atoms with E-state index in [1.807, 2.05) is 31.2 Å². The van der Waals surface area contributed by atoms with Crippen molar-refractivity contribution < 1.29 is 18.7 Å². The summed E-state index contributed by atoms with van der Waals surface area (Å²) in [6.07, 6.45) is 0.858. The molecular weight excluding hydrogens is 563 g/mol. The van der Waals surface area contributed by atoms with E-state index in [-0.39, 0.29) is 16.4 Å². The number of hydrogen-bond donors (Lipinski definition) is 0. The Bertz CT molecular complexity index is 1380. The van der Waals surface area contributed by atoms with Crippen molar-refractivity contribution in [2.24, 2.45) is 0 Å². The van der Waals surface area contributed by atoms with Crippen LogP contribution in [0.15, 0.2) is 60.7 Å². The number of nitrogens with zero attached hydrogens (tertiary/aromatic N) is 1. The molecule has 5 nitrogen and oxygen atoms in total.